The number of rotatable bonds is 13. The minimum absolute atomic E-state index is 0.107. The molecule has 8 fully saturated rings. The summed E-state index contributed by atoms with van der Waals surface area (Å²) < 4.78 is 54.7. The highest BCUT2D eigenvalue weighted by atomic mass is 16.8. The summed E-state index contributed by atoms with van der Waals surface area (Å²) in [4.78, 5) is 26.6. The van der Waals surface area contributed by atoms with Gasteiger partial charge in [0.05, 0.1) is 50.2 Å². The van der Waals surface area contributed by atoms with E-state index in [1.807, 2.05) is 20.8 Å². The normalized spacial score (nSPS) is 52.0. The van der Waals surface area contributed by atoms with Gasteiger partial charge in [-0.2, -0.15) is 0 Å². The van der Waals surface area contributed by atoms with Crippen LogP contribution >= 0.6 is 0 Å². The van der Waals surface area contributed by atoms with Crippen molar-refractivity contribution in [2.24, 2.45) is 50.2 Å². The molecule has 9 rings (SSSR count). The third kappa shape index (κ3) is 10.3. The smallest absolute Gasteiger partial charge is 0.335 e. The predicted molar refractivity (Wildman–Crippen MR) is 279 cm³/mol. The monoisotopic (exact) mass is 1170 g/mol. The molecule has 0 bridgehead atoms. The number of carboxylic acid groups (broad SMARTS) is 1. The van der Waals surface area contributed by atoms with E-state index in [0.717, 1.165) is 5.57 Å². The van der Waals surface area contributed by atoms with E-state index in [1.165, 1.54) is 0 Å². The third-order valence-corrected chi connectivity index (χ3v) is 21.9. The number of aliphatic carboxylic acids is 1. The summed E-state index contributed by atoms with van der Waals surface area (Å²) >= 11 is 0. The molecule has 468 valence electrons. The maximum absolute atomic E-state index is 13.4. The topological polar surface area (TPSA) is 400 Å². The van der Waals surface area contributed by atoms with E-state index in [4.69, 9.17) is 42.6 Å². The maximum atomic E-state index is 13.4. The lowest BCUT2D eigenvalue weighted by Gasteiger charge is -2.73. The molecule has 9 aliphatic rings. The SMILES string of the molecule is CC=C(C)C(=O)OC1CC(C)(C)CC2C3=CCC4C5(C)CCC(OC6OC(C(=O)O)C(O)C(OC7OCC(O)C(O)C7OC7OCC(O)C(O)C7O)C6OC6OC(CO)C(O)C(O)C6O)C(C)(C)C5CCC4(C)C3(C)C(O)C(O)C12CO. The predicted octanol–water partition coefficient (Wildman–Crippen LogP) is -1.76. The number of carbonyl (C=O) groups excluding carboxylic acids is 1. The van der Waals surface area contributed by atoms with Crippen LogP contribution in [0.4, 0.5) is 0 Å². The van der Waals surface area contributed by atoms with Gasteiger partial charge in [0.2, 0.25) is 0 Å². The molecule has 25 nitrogen and oxygen atoms in total. The summed E-state index contributed by atoms with van der Waals surface area (Å²) in [5.41, 5.74) is -3.44. The van der Waals surface area contributed by atoms with Gasteiger partial charge in [0.25, 0.3) is 0 Å². The number of ether oxygens (including phenoxy) is 9. The number of carbonyl (C=O) groups is 2. The van der Waals surface area contributed by atoms with Crippen molar-refractivity contribution in [3.63, 3.8) is 0 Å². The van der Waals surface area contributed by atoms with E-state index in [-0.39, 0.29) is 17.3 Å². The Balaban J connectivity index is 1.04. The molecule has 0 amide bonds. The molecule has 14 N–H and O–H groups in total. The van der Waals surface area contributed by atoms with Gasteiger partial charge >= 0.3 is 11.9 Å². The van der Waals surface area contributed by atoms with Crippen LogP contribution in [0.1, 0.15) is 107 Å². The van der Waals surface area contributed by atoms with Crippen molar-refractivity contribution in [3.05, 3.63) is 23.3 Å². The molecule has 25 heteroatoms. The van der Waals surface area contributed by atoms with Crippen LogP contribution in [0.2, 0.25) is 0 Å². The standard InChI is InChI=1S/C57H90O25/c1-10-23(2)47(73)77-32-18-52(3,4)17-25-24-11-12-30-54(7)15-14-31(53(5,6)29(54)13-16-55(30,8)56(24,9)44(69)45(70)57(25,32)22-59)78-51-43(82-49-38(67)36(65)35(64)28(19-58)76-49)40(39(68)41(80-51)46(71)72)79-50-42(34(63)27(61)21-75-50)81-48-37(66)33(62)26(60)20-74-48/h10-11,25-45,48-51,58-70H,12-22H2,1-9H3,(H,71,72). The summed E-state index contributed by atoms with van der Waals surface area (Å²) in [5, 5.41) is 156. The summed E-state index contributed by atoms with van der Waals surface area (Å²) in [6.07, 6.45) is -30.9. The minimum Gasteiger partial charge on any atom is -0.479 e. The molecule has 0 spiro atoms. The average molecular weight is 1180 g/mol. The number of hydrogen-bond donors (Lipinski definition) is 14. The Morgan fingerprint density at radius 1 is 0.646 bits per heavy atom. The van der Waals surface area contributed by atoms with Gasteiger partial charge in [-0.1, -0.05) is 66.2 Å². The molecular weight excluding hydrogens is 1080 g/mol. The highest BCUT2D eigenvalue weighted by Gasteiger charge is 2.75. The Labute approximate surface area is 476 Å². The van der Waals surface area contributed by atoms with Crippen molar-refractivity contribution in [3.8, 4) is 0 Å². The first-order valence-corrected chi connectivity index (χ1v) is 28.9. The van der Waals surface area contributed by atoms with E-state index in [2.05, 4.69) is 33.8 Å². The molecule has 4 saturated carbocycles. The van der Waals surface area contributed by atoms with Gasteiger partial charge in [0.15, 0.2) is 31.3 Å². The quantitative estimate of drug-likeness (QED) is 0.0420. The second kappa shape index (κ2) is 23.3. The summed E-state index contributed by atoms with van der Waals surface area (Å²) in [6, 6.07) is 0. The summed E-state index contributed by atoms with van der Waals surface area (Å²) in [6.45, 7) is 15.5. The van der Waals surface area contributed by atoms with Crippen LogP contribution in [0, 0.1) is 50.2 Å². The van der Waals surface area contributed by atoms with Gasteiger partial charge in [0, 0.05) is 11.0 Å². The summed E-state index contributed by atoms with van der Waals surface area (Å²) in [7, 11) is 0. The van der Waals surface area contributed by atoms with Crippen LogP contribution < -0.4 is 0 Å². The first kappa shape index (κ1) is 64.1. The number of aliphatic hydroxyl groups is 13. The Kier molecular flexibility index (Phi) is 18.2. The van der Waals surface area contributed by atoms with Gasteiger partial charge in [-0.3, -0.25) is 0 Å². The van der Waals surface area contributed by atoms with Crippen molar-refractivity contribution in [1.29, 1.82) is 0 Å². The van der Waals surface area contributed by atoms with Crippen LogP contribution in [0.15, 0.2) is 23.3 Å². The van der Waals surface area contributed by atoms with E-state index in [9.17, 15) is 81.1 Å². The van der Waals surface area contributed by atoms with Gasteiger partial charge in [-0.15, -0.1) is 0 Å². The average Bonchev–Trinajstić information content (AvgIpc) is 2.04. The molecule has 29 unspecified atom stereocenters. The number of fused-ring (bicyclic) bond motifs is 7. The van der Waals surface area contributed by atoms with Gasteiger partial charge in [-0.25, -0.2) is 9.59 Å². The largest absolute Gasteiger partial charge is 0.479 e. The molecule has 29 atom stereocenters. The van der Waals surface area contributed by atoms with Gasteiger partial charge < -0.3 is 114 Å². The Morgan fingerprint density at radius 2 is 1.27 bits per heavy atom. The molecule has 0 aromatic rings. The number of allylic oxidation sites excluding steroid dienone is 2. The van der Waals surface area contributed by atoms with Crippen LogP contribution in [0.3, 0.4) is 0 Å². The molecule has 5 aliphatic carbocycles. The van der Waals surface area contributed by atoms with Crippen LogP contribution in [-0.4, -0.2) is 245 Å². The molecule has 4 aliphatic heterocycles. The molecule has 0 aromatic heterocycles. The number of carboxylic acids is 1. The zero-order valence-corrected chi connectivity index (χ0v) is 48.1. The van der Waals surface area contributed by atoms with Gasteiger partial charge in [0.1, 0.15) is 85.5 Å². The Hall–Kier alpha value is -2.42. The lowest BCUT2D eigenvalue weighted by molar-refractivity contribution is -0.399. The lowest BCUT2D eigenvalue weighted by Crippen LogP contribution is -2.74. The minimum atomic E-state index is -2.21. The zero-order valence-electron chi connectivity index (χ0n) is 48.1. The summed E-state index contributed by atoms with van der Waals surface area (Å²) in [5.74, 6) is -2.97. The molecule has 0 radical (unpaired) electrons. The lowest BCUT2D eigenvalue weighted by atomic mass is 9.32. The molecule has 82 heavy (non-hydrogen) atoms. The highest BCUT2D eigenvalue weighted by molar-refractivity contribution is 5.87. The first-order chi connectivity index (χ1) is 38.3. The molecular formula is C57H90O25. The fraction of sp³-hybridized carbons (Fsp3) is 0.895. The van der Waals surface area contributed by atoms with Crippen molar-refractivity contribution in [2.75, 3.05) is 26.4 Å². The van der Waals surface area contributed by atoms with E-state index in [0.29, 0.717) is 50.5 Å². The number of aliphatic hydroxyl groups excluding tert-OH is 13. The Morgan fingerprint density at radius 3 is 1.90 bits per heavy atom. The molecule has 4 heterocycles. The van der Waals surface area contributed by atoms with E-state index in [1.54, 1.807) is 19.9 Å². The molecule has 4 saturated heterocycles. The van der Waals surface area contributed by atoms with Crippen LogP contribution in [0.5, 0.6) is 0 Å². The highest BCUT2D eigenvalue weighted by Crippen LogP contribution is 2.76. The second-order valence-corrected chi connectivity index (χ2v) is 27.1. The second-order valence-electron chi connectivity index (χ2n) is 27.1. The van der Waals surface area contributed by atoms with E-state index < -0.39 is 206 Å². The number of esters is 1. The third-order valence-electron chi connectivity index (χ3n) is 21.9. The van der Waals surface area contributed by atoms with E-state index >= 15 is 0 Å². The fourth-order valence-corrected chi connectivity index (χ4v) is 16.8. The van der Waals surface area contributed by atoms with Crippen molar-refractivity contribution >= 4 is 11.9 Å². The Bertz CT molecular complexity index is 2370. The zero-order chi connectivity index (χ0) is 60.3. The van der Waals surface area contributed by atoms with Crippen LogP contribution in [0.25, 0.3) is 0 Å². The van der Waals surface area contributed by atoms with Gasteiger partial charge in [-0.05, 0) is 98.2 Å². The first-order valence-electron chi connectivity index (χ1n) is 28.9. The van der Waals surface area contributed by atoms with Crippen molar-refractivity contribution in [2.45, 2.75) is 242 Å². The van der Waals surface area contributed by atoms with Crippen molar-refractivity contribution < 1.29 is 124 Å². The maximum Gasteiger partial charge on any atom is 0.335 e. The molecule has 0 aromatic carbocycles. The van der Waals surface area contributed by atoms with Crippen molar-refractivity contribution in [1.82, 2.24) is 0 Å². The van der Waals surface area contributed by atoms with Crippen LogP contribution in [-0.2, 0) is 52.2 Å². The number of hydrogen-bond acceptors (Lipinski definition) is 24. The fourth-order valence-electron chi connectivity index (χ4n) is 16.8.